The molecular weight excluding hydrogens is 200 g/mol. The van der Waals surface area contributed by atoms with E-state index in [0.717, 1.165) is 6.54 Å². The first-order chi connectivity index (χ1) is 7.84. The van der Waals surface area contributed by atoms with Crippen LogP contribution in [0.1, 0.15) is 25.3 Å². The summed E-state index contributed by atoms with van der Waals surface area (Å²) in [5.41, 5.74) is 4.33. The molecule has 0 saturated carbocycles. The molecule has 0 spiro atoms. The molecule has 2 rings (SSSR count). The third-order valence-electron chi connectivity index (χ3n) is 2.99. The second-order valence-corrected chi connectivity index (χ2v) is 4.48. The van der Waals surface area contributed by atoms with E-state index >= 15 is 0 Å². The number of rotatable bonds is 4. The fourth-order valence-corrected chi connectivity index (χ4v) is 1.92. The molecule has 16 heavy (non-hydrogen) atoms. The number of piperidine rings is 1. The maximum absolute atomic E-state index is 5.50. The minimum atomic E-state index is 0.444. The van der Waals surface area contributed by atoms with Gasteiger partial charge in [-0.2, -0.15) is 5.48 Å². The van der Waals surface area contributed by atoms with Crippen molar-refractivity contribution in [3.8, 4) is 0 Å². The highest BCUT2D eigenvalue weighted by Crippen LogP contribution is 2.07. The second-order valence-electron chi connectivity index (χ2n) is 4.48. The smallest absolute Gasteiger partial charge is 0.0933 e. The van der Waals surface area contributed by atoms with Crippen molar-refractivity contribution in [2.75, 3.05) is 6.54 Å². The number of hydroxylamine groups is 1. The summed E-state index contributed by atoms with van der Waals surface area (Å²) in [7, 11) is 0. The van der Waals surface area contributed by atoms with Crippen LogP contribution in [0, 0.1) is 0 Å². The SMILES string of the molecule is C[C@@H]1CC[C@@H](NOCc2ccccc2)CN1. The summed E-state index contributed by atoms with van der Waals surface area (Å²) >= 11 is 0. The van der Waals surface area contributed by atoms with Crippen molar-refractivity contribution >= 4 is 0 Å². The summed E-state index contributed by atoms with van der Waals surface area (Å²) in [4.78, 5) is 5.50. The summed E-state index contributed by atoms with van der Waals surface area (Å²) in [5.74, 6) is 0. The molecule has 0 bridgehead atoms. The highest BCUT2D eigenvalue weighted by atomic mass is 16.6. The Balaban J connectivity index is 1.65. The Morgan fingerprint density at radius 1 is 1.31 bits per heavy atom. The Bertz CT molecular complexity index is 294. The summed E-state index contributed by atoms with van der Waals surface area (Å²) in [6.07, 6.45) is 2.40. The van der Waals surface area contributed by atoms with Crippen LogP contribution in [0.5, 0.6) is 0 Å². The van der Waals surface area contributed by atoms with Crippen LogP contribution in [0.3, 0.4) is 0 Å². The molecule has 3 nitrogen and oxygen atoms in total. The van der Waals surface area contributed by atoms with Gasteiger partial charge in [0.2, 0.25) is 0 Å². The van der Waals surface area contributed by atoms with E-state index in [2.05, 4.69) is 29.9 Å². The number of nitrogens with one attached hydrogen (secondary N) is 2. The van der Waals surface area contributed by atoms with Crippen molar-refractivity contribution in [3.05, 3.63) is 35.9 Å². The van der Waals surface area contributed by atoms with E-state index in [1.54, 1.807) is 0 Å². The maximum atomic E-state index is 5.50. The zero-order valence-corrected chi connectivity index (χ0v) is 9.78. The number of benzene rings is 1. The van der Waals surface area contributed by atoms with Crippen molar-refractivity contribution in [3.63, 3.8) is 0 Å². The monoisotopic (exact) mass is 220 g/mol. The molecule has 3 heteroatoms. The van der Waals surface area contributed by atoms with Gasteiger partial charge in [0.25, 0.3) is 0 Å². The summed E-state index contributed by atoms with van der Waals surface area (Å²) in [6, 6.07) is 11.3. The zero-order valence-electron chi connectivity index (χ0n) is 9.78. The Kier molecular flexibility index (Phi) is 4.34. The van der Waals surface area contributed by atoms with Gasteiger partial charge >= 0.3 is 0 Å². The molecule has 1 aromatic rings. The van der Waals surface area contributed by atoms with Crippen LogP contribution in [0.25, 0.3) is 0 Å². The quantitative estimate of drug-likeness (QED) is 0.760. The molecular formula is C13H20N2O. The van der Waals surface area contributed by atoms with Crippen LogP contribution in [0.2, 0.25) is 0 Å². The van der Waals surface area contributed by atoms with E-state index in [-0.39, 0.29) is 0 Å². The van der Waals surface area contributed by atoms with E-state index < -0.39 is 0 Å². The van der Waals surface area contributed by atoms with Gasteiger partial charge in [-0.25, -0.2) is 0 Å². The molecule has 2 N–H and O–H groups in total. The summed E-state index contributed by atoms with van der Waals surface area (Å²) in [5, 5.41) is 3.44. The molecule has 88 valence electrons. The third kappa shape index (κ3) is 3.59. The van der Waals surface area contributed by atoms with Gasteiger partial charge in [-0.05, 0) is 25.3 Å². The third-order valence-corrected chi connectivity index (χ3v) is 2.99. The average molecular weight is 220 g/mol. The predicted octanol–water partition coefficient (Wildman–Crippen LogP) is 1.85. The van der Waals surface area contributed by atoms with E-state index in [1.165, 1.54) is 18.4 Å². The van der Waals surface area contributed by atoms with Crippen LogP contribution < -0.4 is 10.8 Å². The lowest BCUT2D eigenvalue weighted by molar-refractivity contribution is -0.00344. The van der Waals surface area contributed by atoms with Gasteiger partial charge in [0.15, 0.2) is 0 Å². The lowest BCUT2D eigenvalue weighted by Crippen LogP contribution is -2.46. The van der Waals surface area contributed by atoms with Crippen molar-refractivity contribution < 1.29 is 4.84 Å². The molecule has 1 saturated heterocycles. The fourth-order valence-electron chi connectivity index (χ4n) is 1.92. The highest BCUT2D eigenvalue weighted by Gasteiger charge is 2.16. The molecule has 1 fully saturated rings. The minimum Gasteiger partial charge on any atom is -0.313 e. The van der Waals surface area contributed by atoms with Crippen molar-refractivity contribution in [1.29, 1.82) is 0 Å². The van der Waals surface area contributed by atoms with Gasteiger partial charge in [-0.15, -0.1) is 0 Å². The van der Waals surface area contributed by atoms with Crippen molar-refractivity contribution in [1.82, 2.24) is 10.8 Å². The molecule has 0 aromatic heterocycles. The Hall–Kier alpha value is -0.900. The van der Waals surface area contributed by atoms with E-state index in [4.69, 9.17) is 4.84 Å². The predicted molar refractivity (Wildman–Crippen MR) is 64.9 cm³/mol. The molecule has 1 aliphatic heterocycles. The normalized spacial score (nSPS) is 25.6. The van der Waals surface area contributed by atoms with Crippen LogP contribution in [-0.2, 0) is 11.4 Å². The van der Waals surface area contributed by atoms with Crippen LogP contribution in [0.4, 0.5) is 0 Å². The molecule has 1 aliphatic rings. The molecule has 2 atom stereocenters. The second kappa shape index (κ2) is 5.99. The molecule has 0 amide bonds. The molecule has 1 aromatic carbocycles. The fraction of sp³-hybridized carbons (Fsp3) is 0.538. The minimum absolute atomic E-state index is 0.444. The van der Waals surface area contributed by atoms with Gasteiger partial charge in [-0.3, -0.25) is 4.84 Å². The van der Waals surface area contributed by atoms with Gasteiger partial charge in [0, 0.05) is 18.6 Å². The lowest BCUT2D eigenvalue weighted by Gasteiger charge is -2.27. The zero-order chi connectivity index (χ0) is 11.2. The maximum Gasteiger partial charge on any atom is 0.0933 e. The number of hydrogen-bond acceptors (Lipinski definition) is 3. The standard InChI is InChI=1S/C13H20N2O/c1-11-7-8-13(9-14-11)15-16-10-12-5-3-2-4-6-12/h2-6,11,13-15H,7-10H2,1H3/t11-,13-/m1/s1. The topological polar surface area (TPSA) is 33.3 Å². The first kappa shape index (κ1) is 11.6. The largest absolute Gasteiger partial charge is 0.313 e. The van der Waals surface area contributed by atoms with Gasteiger partial charge in [0.1, 0.15) is 0 Å². The van der Waals surface area contributed by atoms with Gasteiger partial charge in [-0.1, -0.05) is 30.3 Å². The first-order valence-corrected chi connectivity index (χ1v) is 5.99. The molecule has 0 aliphatic carbocycles. The van der Waals surface area contributed by atoms with Crippen molar-refractivity contribution in [2.45, 2.75) is 38.5 Å². The van der Waals surface area contributed by atoms with Crippen molar-refractivity contribution in [2.24, 2.45) is 0 Å². The first-order valence-electron chi connectivity index (χ1n) is 5.99. The average Bonchev–Trinajstić information content (AvgIpc) is 2.33. The Morgan fingerprint density at radius 2 is 2.12 bits per heavy atom. The Labute approximate surface area is 97.1 Å². The molecule has 0 radical (unpaired) electrons. The molecule has 1 heterocycles. The lowest BCUT2D eigenvalue weighted by atomic mass is 10.0. The van der Waals surface area contributed by atoms with Gasteiger partial charge < -0.3 is 5.32 Å². The highest BCUT2D eigenvalue weighted by molar-refractivity contribution is 5.13. The van der Waals surface area contributed by atoms with Gasteiger partial charge in [0.05, 0.1) is 6.61 Å². The van der Waals surface area contributed by atoms with Crippen LogP contribution in [-0.4, -0.2) is 18.6 Å². The van der Waals surface area contributed by atoms with Crippen LogP contribution in [0.15, 0.2) is 30.3 Å². The van der Waals surface area contributed by atoms with Crippen LogP contribution >= 0.6 is 0 Å². The van der Waals surface area contributed by atoms with E-state index in [1.807, 2.05) is 18.2 Å². The Morgan fingerprint density at radius 3 is 2.81 bits per heavy atom. The van der Waals surface area contributed by atoms with E-state index in [9.17, 15) is 0 Å². The number of hydrogen-bond donors (Lipinski definition) is 2. The summed E-state index contributed by atoms with van der Waals surface area (Å²) in [6.45, 7) is 3.85. The van der Waals surface area contributed by atoms with E-state index in [0.29, 0.717) is 18.7 Å². The summed E-state index contributed by atoms with van der Waals surface area (Å²) < 4.78 is 0. The molecule has 0 unspecified atom stereocenters.